The maximum absolute atomic E-state index is 14.0. The molecule has 0 unspecified atom stereocenters. The summed E-state index contributed by atoms with van der Waals surface area (Å²) in [5, 5.41) is 25.0. The van der Waals surface area contributed by atoms with Gasteiger partial charge in [0.15, 0.2) is 0 Å². The van der Waals surface area contributed by atoms with Crippen LogP contribution in [0.4, 0.5) is 0 Å². The Morgan fingerprint density at radius 1 is 0.567 bits per heavy atom. The number of carbonyl (C=O) groups is 8. The number of hydrogen-bond donors (Lipinski definition) is 10. The molecule has 0 aliphatic heterocycles. The second-order valence-corrected chi connectivity index (χ2v) is 17.7. The van der Waals surface area contributed by atoms with E-state index in [0.29, 0.717) is 5.56 Å². The summed E-state index contributed by atoms with van der Waals surface area (Å²) in [6, 6.07) is -2.70. The van der Waals surface area contributed by atoms with Crippen LogP contribution in [-0.2, 0) is 49.3 Å². The van der Waals surface area contributed by atoms with Crippen molar-refractivity contribution < 1.29 is 62.3 Å². The molecule has 0 radical (unpaired) electrons. The molecule has 0 heterocycles. The number of phosphoric acid groups is 1. The van der Waals surface area contributed by atoms with Gasteiger partial charge in [0.1, 0.15) is 42.0 Å². The van der Waals surface area contributed by atoms with Crippen molar-refractivity contribution in [3.8, 4) is 5.75 Å². The molecule has 0 bridgehead atoms. The number of benzene rings is 1. The van der Waals surface area contributed by atoms with Crippen molar-refractivity contribution in [2.24, 2.45) is 29.4 Å². The Labute approximate surface area is 350 Å². The minimum Gasteiger partial charge on any atom is -0.481 e. The number of phosphoric ester groups is 1. The highest BCUT2D eigenvalue weighted by atomic mass is 31.2. The average molecular weight is 870 g/mol. The van der Waals surface area contributed by atoms with Crippen LogP contribution in [0.1, 0.15) is 100.0 Å². The number of primary amides is 1. The molecule has 1 rings (SSSR count). The van der Waals surface area contributed by atoms with E-state index in [1.807, 2.05) is 41.5 Å². The monoisotopic (exact) mass is 869 g/mol. The third-order valence-corrected chi connectivity index (χ3v) is 9.13. The van der Waals surface area contributed by atoms with E-state index in [0.717, 1.165) is 0 Å². The van der Waals surface area contributed by atoms with Crippen LogP contribution in [0.25, 0.3) is 0 Å². The van der Waals surface area contributed by atoms with E-state index in [1.54, 1.807) is 13.8 Å². The standard InChI is InChI=1S/C39H64N7O13P/c1-20(2)14-27(34(40)50)42-36(52)29(16-22(5)6)43-37(53)30(17-23(7)8)44-39(55)32(19-33(48)49)46-38(54)31(45-35(51)28(15-21(3)4)41-24(9)47)18-25-10-12-26(13-11-25)59-60(56,57)58/h10-13,20-23,27-32H,14-19H2,1-9H3,(H2,40,50)(H,41,47)(H,42,52)(H,43,53)(H,44,55)(H,45,51)(H,46,54)(H,48,49)(H2,56,57,58)/t27-,28-,29-,30-,31-,32-/m0/s1. The Morgan fingerprint density at radius 2 is 0.900 bits per heavy atom. The third-order valence-electron chi connectivity index (χ3n) is 8.68. The fourth-order valence-corrected chi connectivity index (χ4v) is 6.48. The first-order chi connectivity index (χ1) is 27.7. The van der Waals surface area contributed by atoms with Gasteiger partial charge in [-0.3, -0.25) is 48.1 Å². The number of nitrogens with one attached hydrogen (secondary N) is 6. The van der Waals surface area contributed by atoms with E-state index >= 15 is 0 Å². The highest BCUT2D eigenvalue weighted by molar-refractivity contribution is 7.46. The van der Waals surface area contributed by atoms with E-state index in [1.165, 1.54) is 31.2 Å². The highest BCUT2D eigenvalue weighted by Crippen LogP contribution is 2.37. The number of aliphatic carboxylic acids is 1. The molecule has 0 fully saturated rings. The maximum atomic E-state index is 14.0. The van der Waals surface area contributed by atoms with Gasteiger partial charge in [0.05, 0.1) is 6.42 Å². The van der Waals surface area contributed by atoms with Gasteiger partial charge in [-0.05, 0) is 67.1 Å². The summed E-state index contributed by atoms with van der Waals surface area (Å²) in [5.74, 6) is -7.66. The average Bonchev–Trinajstić information content (AvgIpc) is 3.08. The summed E-state index contributed by atoms with van der Waals surface area (Å²) in [7, 11) is -4.89. The quantitative estimate of drug-likeness (QED) is 0.0576. The van der Waals surface area contributed by atoms with Gasteiger partial charge in [0, 0.05) is 13.3 Å². The first-order valence-electron chi connectivity index (χ1n) is 19.8. The molecule has 338 valence electrons. The second kappa shape index (κ2) is 24.9. The lowest BCUT2D eigenvalue weighted by Crippen LogP contribution is -2.60. The molecule has 0 saturated heterocycles. The number of carboxylic acid groups (broad SMARTS) is 1. The Bertz CT molecular complexity index is 1700. The van der Waals surface area contributed by atoms with Crippen molar-refractivity contribution in [2.75, 3.05) is 0 Å². The van der Waals surface area contributed by atoms with Crippen LogP contribution in [0.3, 0.4) is 0 Å². The molecular weight excluding hydrogens is 805 g/mol. The zero-order chi connectivity index (χ0) is 46.1. The number of rotatable bonds is 26. The van der Waals surface area contributed by atoms with Gasteiger partial charge in [-0.25, -0.2) is 4.57 Å². The molecule has 21 heteroatoms. The molecule has 0 aliphatic rings. The number of amides is 7. The van der Waals surface area contributed by atoms with Crippen molar-refractivity contribution in [3.63, 3.8) is 0 Å². The van der Waals surface area contributed by atoms with E-state index in [9.17, 15) is 48.0 Å². The zero-order valence-corrected chi connectivity index (χ0v) is 36.7. The van der Waals surface area contributed by atoms with Crippen LogP contribution in [0, 0.1) is 23.7 Å². The first kappa shape index (κ1) is 52.9. The van der Waals surface area contributed by atoms with Crippen LogP contribution in [0.15, 0.2) is 24.3 Å². The molecule has 20 nitrogen and oxygen atoms in total. The summed E-state index contributed by atoms with van der Waals surface area (Å²) >= 11 is 0. The first-order valence-corrected chi connectivity index (χ1v) is 21.3. The van der Waals surface area contributed by atoms with E-state index < -0.39 is 97.8 Å². The van der Waals surface area contributed by atoms with Gasteiger partial charge in [-0.15, -0.1) is 0 Å². The van der Waals surface area contributed by atoms with E-state index in [-0.39, 0.29) is 61.5 Å². The number of carboxylic acids is 1. The van der Waals surface area contributed by atoms with Gasteiger partial charge in [-0.1, -0.05) is 67.5 Å². The predicted octanol–water partition coefficient (Wildman–Crippen LogP) is 0.774. The van der Waals surface area contributed by atoms with Crippen molar-refractivity contribution in [2.45, 2.75) is 137 Å². The maximum Gasteiger partial charge on any atom is 0.524 e. The number of nitrogens with two attached hydrogens (primary N) is 1. The molecular formula is C39H64N7O13P. The van der Waals surface area contributed by atoms with Crippen molar-refractivity contribution >= 4 is 55.1 Å². The Balaban J connectivity index is 3.50. The lowest BCUT2D eigenvalue weighted by Gasteiger charge is -2.28. The Hall–Kier alpha value is -5.07. The lowest BCUT2D eigenvalue weighted by molar-refractivity contribution is -0.141. The van der Waals surface area contributed by atoms with Gasteiger partial charge in [0.2, 0.25) is 41.4 Å². The second-order valence-electron chi connectivity index (χ2n) is 16.5. The summed E-state index contributed by atoms with van der Waals surface area (Å²) in [6.45, 7) is 15.7. The smallest absolute Gasteiger partial charge is 0.481 e. The lowest BCUT2D eigenvalue weighted by atomic mass is 9.98. The summed E-state index contributed by atoms with van der Waals surface area (Å²) in [5.41, 5.74) is 5.86. The topological polar surface area (TPSA) is 322 Å². The molecule has 0 aliphatic carbocycles. The number of hydrogen-bond acceptors (Lipinski definition) is 10. The predicted molar refractivity (Wildman–Crippen MR) is 219 cm³/mol. The van der Waals surface area contributed by atoms with Gasteiger partial charge in [-0.2, -0.15) is 0 Å². The molecule has 1 aromatic carbocycles. The minimum absolute atomic E-state index is 0.00683. The van der Waals surface area contributed by atoms with Gasteiger partial charge in [0.25, 0.3) is 0 Å². The van der Waals surface area contributed by atoms with Crippen LogP contribution in [0.2, 0.25) is 0 Å². The highest BCUT2D eigenvalue weighted by Gasteiger charge is 2.35. The minimum atomic E-state index is -4.89. The zero-order valence-electron chi connectivity index (χ0n) is 35.8. The SMILES string of the molecule is CC(=O)N[C@@H](CC(C)C)C(=O)N[C@@H](Cc1ccc(OP(=O)(O)O)cc1)C(=O)N[C@@H](CC(=O)O)C(=O)N[C@@H](CC(C)C)C(=O)N[C@@H](CC(C)C)C(=O)N[C@@H](CC(C)C)C(N)=O. The fraction of sp³-hybridized carbons (Fsp3) is 0.641. The molecule has 0 aromatic heterocycles. The van der Waals surface area contributed by atoms with Crippen LogP contribution < -0.4 is 42.2 Å². The van der Waals surface area contributed by atoms with Crippen molar-refractivity contribution in [1.29, 1.82) is 0 Å². The largest absolute Gasteiger partial charge is 0.524 e. The molecule has 60 heavy (non-hydrogen) atoms. The molecule has 11 N–H and O–H groups in total. The molecule has 1 aromatic rings. The normalized spacial score (nSPS) is 14.6. The fourth-order valence-electron chi connectivity index (χ4n) is 6.09. The molecule has 0 spiro atoms. The van der Waals surface area contributed by atoms with E-state index in [2.05, 4.69) is 36.4 Å². The molecule has 0 saturated carbocycles. The summed E-state index contributed by atoms with van der Waals surface area (Å²) in [4.78, 5) is 123. The Kier molecular flexibility index (Phi) is 22.0. The Morgan fingerprint density at radius 3 is 1.27 bits per heavy atom. The van der Waals surface area contributed by atoms with E-state index in [4.69, 9.17) is 15.5 Å². The van der Waals surface area contributed by atoms with Crippen LogP contribution in [0.5, 0.6) is 5.75 Å². The summed E-state index contributed by atoms with van der Waals surface area (Å²) in [6.07, 6.45) is -0.620. The van der Waals surface area contributed by atoms with Crippen LogP contribution >= 0.6 is 7.82 Å². The van der Waals surface area contributed by atoms with Gasteiger partial charge < -0.3 is 47.3 Å². The van der Waals surface area contributed by atoms with Gasteiger partial charge >= 0.3 is 13.8 Å². The molecule has 7 amide bonds. The summed E-state index contributed by atoms with van der Waals surface area (Å²) < 4.78 is 15.9. The molecule has 6 atom stereocenters. The number of carbonyl (C=O) groups excluding carboxylic acids is 7. The van der Waals surface area contributed by atoms with Crippen LogP contribution in [-0.4, -0.2) is 98.5 Å². The van der Waals surface area contributed by atoms with Crippen molar-refractivity contribution in [3.05, 3.63) is 29.8 Å². The van der Waals surface area contributed by atoms with Crippen molar-refractivity contribution in [1.82, 2.24) is 31.9 Å². The third kappa shape index (κ3) is 21.3.